The standard InChI is InChI=1S/C24H17BrCl2N2O/c1-13-3-5-15(6-4-13)22-12-19(18-10-16(25)9-14(2)23(18)29-22)24(30)28-17-7-8-20(26)21(27)11-17/h3-12H,1-2H3,(H,28,30). The number of carbonyl (C=O) groups excluding carboxylic acids is 1. The second kappa shape index (κ2) is 8.38. The number of amides is 1. The predicted octanol–water partition coefficient (Wildman–Crippen LogP) is 7.84. The van der Waals surface area contributed by atoms with E-state index in [1.54, 1.807) is 18.2 Å². The number of hydrogen-bond acceptors (Lipinski definition) is 2. The van der Waals surface area contributed by atoms with E-state index in [2.05, 4.69) is 21.2 Å². The molecule has 150 valence electrons. The van der Waals surface area contributed by atoms with Gasteiger partial charge in [-0.15, -0.1) is 0 Å². The maximum atomic E-state index is 13.3. The average molecular weight is 500 g/mol. The second-order valence-corrected chi connectivity index (χ2v) is 8.85. The van der Waals surface area contributed by atoms with Gasteiger partial charge in [-0.2, -0.15) is 0 Å². The van der Waals surface area contributed by atoms with Gasteiger partial charge in [0.25, 0.3) is 5.91 Å². The van der Waals surface area contributed by atoms with Crippen LogP contribution >= 0.6 is 39.1 Å². The Labute approximate surface area is 193 Å². The fourth-order valence-electron chi connectivity index (χ4n) is 3.29. The van der Waals surface area contributed by atoms with Crippen LogP contribution in [0.25, 0.3) is 22.2 Å². The molecule has 0 saturated heterocycles. The summed E-state index contributed by atoms with van der Waals surface area (Å²) in [5.74, 6) is -0.244. The van der Waals surface area contributed by atoms with Gasteiger partial charge in [0.2, 0.25) is 0 Å². The first-order valence-corrected chi connectivity index (χ1v) is 10.8. The molecule has 6 heteroatoms. The van der Waals surface area contributed by atoms with E-state index in [1.807, 2.05) is 56.3 Å². The Morgan fingerprint density at radius 2 is 1.67 bits per heavy atom. The highest BCUT2D eigenvalue weighted by molar-refractivity contribution is 9.10. The smallest absolute Gasteiger partial charge is 0.256 e. The number of rotatable bonds is 3. The molecule has 3 nitrogen and oxygen atoms in total. The van der Waals surface area contributed by atoms with Crippen LogP contribution in [0.3, 0.4) is 0 Å². The third-order valence-electron chi connectivity index (χ3n) is 4.84. The molecule has 0 aliphatic heterocycles. The van der Waals surface area contributed by atoms with Gasteiger partial charge < -0.3 is 5.32 Å². The van der Waals surface area contributed by atoms with Crippen LogP contribution < -0.4 is 5.32 Å². The van der Waals surface area contributed by atoms with Crippen molar-refractivity contribution in [2.75, 3.05) is 5.32 Å². The molecule has 1 amide bonds. The van der Waals surface area contributed by atoms with Crippen LogP contribution in [0.4, 0.5) is 5.69 Å². The van der Waals surface area contributed by atoms with Crippen LogP contribution in [0, 0.1) is 13.8 Å². The minimum absolute atomic E-state index is 0.244. The van der Waals surface area contributed by atoms with Crippen molar-refractivity contribution >= 4 is 61.6 Å². The number of aryl methyl sites for hydroxylation is 2. The van der Waals surface area contributed by atoms with Crippen molar-refractivity contribution in [3.05, 3.63) is 91.9 Å². The summed E-state index contributed by atoms with van der Waals surface area (Å²) in [6.45, 7) is 4.02. The molecular weight excluding hydrogens is 483 g/mol. The van der Waals surface area contributed by atoms with Gasteiger partial charge in [0.1, 0.15) is 0 Å². The van der Waals surface area contributed by atoms with Crippen molar-refractivity contribution in [3.8, 4) is 11.3 Å². The number of pyridine rings is 1. The molecule has 0 bridgehead atoms. The number of halogens is 3. The van der Waals surface area contributed by atoms with Gasteiger partial charge in [-0.05, 0) is 55.8 Å². The van der Waals surface area contributed by atoms with Crippen LogP contribution in [-0.4, -0.2) is 10.9 Å². The molecule has 0 fully saturated rings. The highest BCUT2D eigenvalue weighted by Crippen LogP contribution is 2.31. The third kappa shape index (κ3) is 4.22. The maximum absolute atomic E-state index is 13.3. The Balaban J connectivity index is 1.86. The normalized spacial score (nSPS) is 11.0. The lowest BCUT2D eigenvalue weighted by Crippen LogP contribution is -2.13. The van der Waals surface area contributed by atoms with E-state index in [0.717, 1.165) is 37.8 Å². The summed E-state index contributed by atoms with van der Waals surface area (Å²) < 4.78 is 0.890. The SMILES string of the molecule is Cc1ccc(-c2cc(C(=O)Nc3ccc(Cl)c(Cl)c3)c3cc(Br)cc(C)c3n2)cc1. The van der Waals surface area contributed by atoms with E-state index in [4.69, 9.17) is 28.2 Å². The monoisotopic (exact) mass is 498 g/mol. The van der Waals surface area contributed by atoms with Crippen molar-refractivity contribution in [1.82, 2.24) is 4.98 Å². The van der Waals surface area contributed by atoms with Crippen LogP contribution in [-0.2, 0) is 0 Å². The van der Waals surface area contributed by atoms with E-state index in [1.165, 1.54) is 0 Å². The topological polar surface area (TPSA) is 42.0 Å². The lowest BCUT2D eigenvalue weighted by molar-refractivity contribution is 0.102. The molecular formula is C24H17BrCl2N2O. The van der Waals surface area contributed by atoms with E-state index in [0.29, 0.717) is 21.3 Å². The lowest BCUT2D eigenvalue weighted by Gasteiger charge is -2.13. The van der Waals surface area contributed by atoms with Gasteiger partial charge in [0, 0.05) is 21.1 Å². The second-order valence-electron chi connectivity index (χ2n) is 7.12. The van der Waals surface area contributed by atoms with Crippen molar-refractivity contribution in [2.45, 2.75) is 13.8 Å². The lowest BCUT2D eigenvalue weighted by atomic mass is 10.0. The van der Waals surface area contributed by atoms with Crippen molar-refractivity contribution < 1.29 is 4.79 Å². The maximum Gasteiger partial charge on any atom is 0.256 e. The molecule has 0 radical (unpaired) electrons. The Morgan fingerprint density at radius 1 is 0.933 bits per heavy atom. The molecule has 0 saturated carbocycles. The largest absolute Gasteiger partial charge is 0.322 e. The summed E-state index contributed by atoms with van der Waals surface area (Å²) in [6.07, 6.45) is 0. The van der Waals surface area contributed by atoms with E-state index < -0.39 is 0 Å². The molecule has 0 aliphatic carbocycles. The van der Waals surface area contributed by atoms with Crippen molar-refractivity contribution in [2.24, 2.45) is 0 Å². The van der Waals surface area contributed by atoms with Gasteiger partial charge >= 0.3 is 0 Å². The highest BCUT2D eigenvalue weighted by Gasteiger charge is 2.17. The van der Waals surface area contributed by atoms with Gasteiger partial charge in [-0.3, -0.25) is 4.79 Å². The number of hydrogen-bond donors (Lipinski definition) is 1. The van der Waals surface area contributed by atoms with E-state index in [-0.39, 0.29) is 5.91 Å². The van der Waals surface area contributed by atoms with E-state index in [9.17, 15) is 4.79 Å². The molecule has 3 aromatic carbocycles. The molecule has 4 rings (SSSR count). The van der Waals surface area contributed by atoms with Crippen molar-refractivity contribution in [1.29, 1.82) is 0 Å². The molecule has 0 aliphatic rings. The van der Waals surface area contributed by atoms with Gasteiger partial charge in [0.05, 0.1) is 26.8 Å². The molecule has 0 unspecified atom stereocenters. The molecule has 0 spiro atoms. The Kier molecular flexibility index (Phi) is 5.83. The minimum atomic E-state index is -0.244. The Bertz CT molecular complexity index is 1290. The van der Waals surface area contributed by atoms with Crippen molar-refractivity contribution in [3.63, 3.8) is 0 Å². The zero-order valence-electron chi connectivity index (χ0n) is 16.3. The van der Waals surface area contributed by atoms with Crippen LogP contribution in [0.15, 0.2) is 65.1 Å². The summed E-state index contributed by atoms with van der Waals surface area (Å²) >= 11 is 15.6. The van der Waals surface area contributed by atoms with Gasteiger partial charge in [-0.1, -0.05) is 69.0 Å². The molecule has 30 heavy (non-hydrogen) atoms. The first-order valence-electron chi connectivity index (χ1n) is 9.26. The summed E-state index contributed by atoms with van der Waals surface area (Å²) in [5.41, 5.74) is 5.74. The summed E-state index contributed by atoms with van der Waals surface area (Å²) in [6, 6.07) is 18.8. The third-order valence-corrected chi connectivity index (χ3v) is 6.04. The molecule has 1 N–H and O–H groups in total. The number of nitrogens with one attached hydrogen (secondary N) is 1. The molecule has 1 heterocycles. The summed E-state index contributed by atoms with van der Waals surface area (Å²) in [7, 11) is 0. The summed E-state index contributed by atoms with van der Waals surface area (Å²) in [5, 5.41) is 4.51. The quantitative estimate of drug-likeness (QED) is 0.312. The number of anilines is 1. The first-order chi connectivity index (χ1) is 14.3. The number of aromatic nitrogens is 1. The minimum Gasteiger partial charge on any atom is -0.322 e. The zero-order valence-corrected chi connectivity index (χ0v) is 19.4. The number of benzene rings is 3. The number of nitrogens with zero attached hydrogens (tertiary/aromatic N) is 1. The number of carbonyl (C=O) groups is 1. The molecule has 4 aromatic rings. The van der Waals surface area contributed by atoms with Crippen LogP contribution in [0.2, 0.25) is 10.0 Å². The molecule has 1 aromatic heterocycles. The zero-order chi connectivity index (χ0) is 21.4. The fourth-order valence-corrected chi connectivity index (χ4v) is 4.16. The molecule has 0 atom stereocenters. The Morgan fingerprint density at radius 3 is 2.37 bits per heavy atom. The number of fused-ring (bicyclic) bond motifs is 1. The van der Waals surface area contributed by atoms with Gasteiger partial charge in [-0.25, -0.2) is 4.98 Å². The van der Waals surface area contributed by atoms with Crippen LogP contribution in [0.1, 0.15) is 21.5 Å². The highest BCUT2D eigenvalue weighted by atomic mass is 79.9. The average Bonchev–Trinajstić information content (AvgIpc) is 2.70. The summed E-state index contributed by atoms with van der Waals surface area (Å²) in [4.78, 5) is 18.1. The van der Waals surface area contributed by atoms with E-state index >= 15 is 0 Å². The first kappa shape index (κ1) is 20.9. The van der Waals surface area contributed by atoms with Crippen LogP contribution in [0.5, 0.6) is 0 Å². The fraction of sp³-hybridized carbons (Fsp3) is 0.0833. The predicted molar refractivity (Wildman–Crippen MR) is 129 cm³/mol. The Hall–Kier alpha value is -2.40. The van der Waals surface area contributed by atoms with Gasteiger partial charge in [0.15, 0.2) is 0 Å².